The second-order valence-corrected chi connectivity index (χ2v) is 8.24. The second kappa shape index (κ2) is 10.7. The van der Waals surface area contributed by atoms with Crippen molar-refractivity contribution < 1.29 is 57.8 Å². The normalized spacial score (nSPS) is 14.2. The maximum atomic E-state index is 14.6. The van der Waals surface area contributed by atoms with E-state index in [1.54, 1.807) is 0 Å². The number of ether oxygens (including phenoxy) is 1. The highest BCUT2D eigenvalue weighted by atomic mass is 19.4. The summed E-state index contributed by atoms with van der Waals surface area (Å²) in [5.41, 5.74) is -3.64. The Morgan fingerprint density at radius 2 is 1.36 bits per heavy atom. The fourth-order valence-electron chi connectivity index (χ4n) is 3.67. The Balaban J connectivity index is 2.32. The highest BCUT2D eigenvalue weighted by Gasteiger charge is 2.64. The van der Waals surface area contributed by atoms with Gasteiger partial charge in [-0.2, -0.15) is 39.5 Å². The molecule has 0 bridgehead atoms. The van der Waals surface area contributed by atoms with E-state index in [0.717, 1.165) is 24.3 Å². The first-order valence-electron chi connectivity index (χ1n) is 10.7. The van der Waals surface area contributed by atoms with Crippen molar-refractivity contribution in [2.75, 3.05) is 0 Å². The van der Waals surface area contributed by atoms with E-state index < -0.39 is 71.0 Å². The lowest BCUT2D eigenvalue weighted by atomic mass is 9.77. The number of amides is 1. The smallest absolute Gasteiger partial charge is 0.428 e. The summed E-state index contributed by atoms with van der Waals surface area (Å²) in [5.74, 6) is -12.6. The monoisotopic (exact) mass is 571 g/mol. The van der Waals surface area contributed by atoms with Gasteiger partial charge in [0.2, 0.25) is 0 Å². The molecule has 0 saturated heterocycles. The van der Waals surface area contributed by atoms with E-state index in [1.807, 2.05) is 0 Å². The standard InChI is InChI=1S/C25H16F11NO2/c26-17-8-6-15(7-9-17)22(13-14-4-2-1-3-5-14,37-21(38)23(30,31)25(34,35)36)16-10-18(27)12-19(11-16)39-24(32,33)20(28)29/h1-12,20H,13H2,(H,37,38). The molecule has 1 atom stereocenters. The van der Waals surface area contributed by atoms with Crippen molar-refractivity contribution in [1.82, 2.24) is 5.32 Å². The van der Waals surface area contributed by atoms with Gasteiger partial charge in [-0.25, -0.2) is 8.78 Å². The molecule has 0 heterocycles. The lowest BCUT2D eigenvalue weighted by molar-refractivity contribution is -0.270. The van der Waals surface area contributed by atoms with Gasteiger partial charge in [-0.15, -0.1) is 0 Å². The molecule has 0 aliphatic carbocycles. The van der Waals surface area contributed by atoms with Crippen molar-refractivity contribution in [2.45, 2.75) is 36.6 Å². The van der Waals surface area contributed by atoms with Crippen LogP contribution in [0.1, 0.15) is 16.7 Å². The minimum absolute atomic E-state index is 0.141. The first-order chi connectivity index (χ1) is 18.0. The second-order valence-electron chi connectivity index (χ2n) is 8.24. The van der Waals surface area contributed by atoms with E-state index in [0.29, 0.717) is 12.1 Å². The minimum atomic E-state index is -6.38. The molecule has 0 saturated carbocycles. The van der Waals surface area contributed by atoms with Crippen molar-refractivity contribution in [3.8, 4) is 5.75 Å². The Kier molecular flexibility index (Phi) is 8.18. The molecule has 0 spiro atoms. The number of nitrogens with one attached hydrogen (secondary N) is 1. The van der Waals surface area contributed by atoms with E-state index in [-0.39, 0.29) is 11.6 Å². The van der Waals surface area contributed by atoms with Crippen molar-refractivity contribution in [1.29, 1.82) is 0 Å². The molecule has 210 valence electrons. The molecule has 3 nitrogen and oxygen atoms in total. The third-order valence-electron chi connectivity index (χ3n) is 5.49. The largest absolute Gasteiger partial charge is 0.463 e. The molecule has 0 aromatic heterocycles. The van der Waals surface area contributed by atoms with E-state index in [4.69, 9.17) is 0 Å². The first kappa shape index (κ1) is 29.7. The van der Waals surface area contributed by atoms with Gasteiger partial charge in [0.1, 0.15) is 17.4 Å². The number of alkyl halides is 9. The summed E-state index contributed by atoms with van der Waals surface area (Å²) in [5, 5.41) is 1.53. The zero-order valence-electron chi connectivity index (χ0n) is 19.2. The predicted molar refractivity (Wildman–Crippen MR) is 114 cm³/mol. The van der Waals surface area contributed by atoms with Crippen molar-refractivity contribution in [3.05, 3.63) is 101 Å². The Labute approximate surface area is 213 Å². The molecule has 1 amide bonds. The molecule has 1 N–H and O–H groups in total. The van der Waals surface area contributed by atoms with Gasteiger partial charge in [0.05, 0.1) is 5.54 Å². The van der Waals surface area contributed by atoms with Crippen LogP contribution in [-0.4, -0.2) is 30.5 Å². The molecule has 0 radical (unpaired) electrons. The summed E-state index contributed by atoms with van der Waals surface area (Å²) in [6.07, 6.45) is -16.6. The van der Waals surface area contributed by atoms with E-state index in [2.05, 4.69) is 4.74 Å². The number of hydrogen-bond donors (Lipinski definition) is 1. The summed E-state index contributed by atoms with van der Waals surface area (Å²) >= 11 is 0. The van der Waals surface area contributed by atoms with Crippen LogP contribution >= 0.6 is 0 Å². The fourth-order valence-corrected chi connectivity index (χ4v) is 3.67. The van der Waals surface area contributed by atoms with Crippen LogP contribution in [0.5, 0.6) is 5.75 Å². The van der Waals surface area contributed by atoms with Crippen LogP contribution in [0.2, 0.25) is 0 Å². The molecule has 3 rings (SSSR count). The van der Waals surface area contributed by atoms with Gasteiger partial charge in [-0.1, -0.05) is 42.5 Å². The van der Waals surface area contributed by atoms with Crippen LogP contribution in [0.4, 0.5) is 48.3 Å². The van der Waals surface area contributed by atoms with Crippen LogP contribution in [-0.2, 0) is 16.8 Å². The number of rotatable bonds is 9. The maximum Gasteiger partial charge on any atom is 0.463 e. The number of carbonyl (C=O) groups is 1. The summed E-state index contributed by atoms with van der Waals surface area (Å²) in [7, 11) is 0. The average molecular weight is 571 g/mol. The molecule has 0 aliphatic rings. The molecule has 3 aromatic carbocycles. The Bertz CT molecular complexity index is 1300. The van der Waals surface area contributed by atoms with Gasteiger partial charge in [0.25, 0.3) is 0 Å². The van der Waals surface area contributed by atoms with Crippen molar-refractivity contribution in [3.63, 3.8) is 0 Å². The summed E-state index contributed by atoms with van der Waals surface area (Å²) in [6.45, 7) is 0. The van der Waals surface area contributed by atoms with Crippen LogP contribution in [0.25, 0.3) is 0 Å². The molecule has 3 aromatic rings. The Morgan fingerprint density at radius 1 is 0.769 bits per heavy atom. The van der Waals surface area contributed by atoms with E-state index in [1.165, 1.54) is 35.6 Å². The van der Waals surface area contributed by atoms with E-state index in [9.17, 15) is 53.1 Å². The third kappa shape index (κ3) is 6.42. The summed E-state index contributed by atoms with van der Waals surface area (Å²) in [4.78, 5) is 12.4. The lowest BCUT2D eigenvalue weighted by Gasteiger charge is -2.38. The minimum Gasteiger partial charge on any atom is -0.428 e. The number of halogens is 11. The molecular weight excluding hydrogens is 555 g/mol. The van der Waals surface area contributed by atoms with Gasteiger partial charge < -0.3 is 10.1 Å². The molecule has 14 heteroatoms. The van der Waals surface area contributed by atoms with Gasteiger partial charge >= 0.3 is 30.5 Å². The number of benzene rings is 3. The topological polar surface area (TPSA) is 38.3 Å². The molecule has 39 heavy (non-hydrogen) atoms. The summed E-state index contributed by atoms with van der Waals surface area (Å²) in [6, 6.07) is 11.4. The third-order valence-corrected chi connectivity index (χ3v) is 5.49. The zero-order valence-corrected chi connectivity index (χ0v) is 19.2. The number of hydrogen-bond acceptors (Lipinski definition) is 2. The number of carbonyl (C=O) groups excluding carboxylic acids is 1. The van der Waals surface area contributed by atoms with Crippen molar-refractivity contribution >= 4 is 5.91 Å². The highest BCUT2D eigenvalue weighted by Crippen LogP contribution is 2.41. The van der Waals surface area contributed by atoms with Crippen LogP contribution in [0, 0.1) is 11.6 Å². The Hall–Kier alpha value is -3.84. The van der Waals surface area contributed by atoms with Gasteiger partial charge in [0.15, 0.2) is 0 Å². The molecular formula is C25H16F11NO2. The Morgan fingerprint density at radius 3 is 1.90 bits per heavy atom. The highest BCUT2D eigenvalue weighted by molar-refractivity contribution is 5.86. The van der Waals surface area contributed by atoms with Crippen LogP contribution in [0.3, 0.4) is 0 Å². The van der Waals surface area contributed by atoms with Gasteiger partial charge in [-0.3, -0.25) is 4.79 Å². The quantitative estimate of drug-likeness (QED) is 0.281. The predicted octanol–water partition coefficient (Wildman–Crippen LogP) is 7.00. The molecule has 1 unspecified atom stereocenters. The summed E-state index contributed by atoms with van der Waals surface area (Å²) < 4.78 is 152. The fraction of sp³-hybridized carbons (Fsp3) is 0.240. The SMILES string of the molecule is O=C(NC(Cc1ccccc1)(c1ccc(F)cc1)c1cc(F)cc(OC(F)(F)C(F)F)c1)C(F)(F)C(F)(F)F. The van der Waals surface area contributed by atoms with Gasteiger partial charge in [0, 0.05) is 12.5 Å². The lowest BCUT2D eigenvalue weighted by Crippen LogP contribution is -2.58. The molecule has 0 fully saturated rings. The van der Waals surface area contributed by atoms with E-state index >= 15 is 0 Å². The van der Waals surface area contributed by atoms with Crippen molar-refractivity contribution in [2.24, 2.45) is 0 Å². The maximum absolute atomic E-state index is 14.6. The van der Waals surface area contributed by atoms with Crippen LogP contribution < -0.4 is 10.1 Å². The first-order valence-corrected chi connectivity index (χ1v) is 10.7. The van der Waals surface area contributed by atoms with Crippen LogP contribution in [0.15, 0.2) is 72.8 Å². The van der Waals surface area contributed by atoms with Gasteiger partial charge in [-0.05, 0) is 41.0 Å². The zero-order chi connectivity index (χ0) is 29.2. The molecule has 0 aliphatic heterocycles. The average Bonchev–Trinajstić information content (AvgIpc) is 2.83.